The lowest BCUT2D eigenvalue weighted by molar-refractivity contribution is -0.121. The Balaban J connectivity index is 1.59. The number of fused-ring (bicyclic) bond motifs is 1. The second-order valence-corrected chi connectivity index (χ2v) is 7.00. The molecule has 3 aromatic rings. The normalized spacial score (nSPS) is 10.8. The predicted molar refractivity (Wildman–Crippen MR) is 114 cm³/mol. The van der Waals surface area contributed by atoms with Gasteiger partial charge in [0, 0.05) is 25.6 Å². The average Bonchev–Trinajstić information content (AvgIpc) is 2.77. The number of carbonyl (C=O) groups is 1. The van der Waals surface area contributed by atoms with Gasteiger partial charge in [-0.05, 0) is 36.6 Å². The zero-order valence-corrected chi connectivity index (χ0v) is 17.4. The molecule has 164 valence electrons. The number of hydrogen-bond donors (Lipinski definition) is 2. The van der Waals surface area contributed by atoms with Crippen LogP contribution in [0.5, 0.6) is 11.5 Å². The van der Waals surface area contributed by atoms with Gasteiger partial charge in [0.15, 0.2) is 11.5 Å². The van der Waals surface area contributed by atoms with Gasteiger partial charge in [-0.2, -0.15) is 0 Å². The number of rotatable bonds is 9. The zero-order valence-electron chi connectivity index (χ0n) is 17.4. The lowest BCUT2D eigenvalue weighted by atomic mass is 10.2. The highest BCUT2D eigenvalue weighted by Gasteiger charge is 2.13. The number of carbonyl (C=O) groups excluding carboxylic acids is 1. The molecule has 1 amide bonds. The maximum absolute atomic E-state index is 12.9. The monoisotopic (exact) mass is 429 g/mol. The van der Waals surface area contributed by atoms with E-state index < -0.39 is 11.2 Å². The van der Waals surface area contributed by atoms with E-state index >= 15 is 0 Å². The fraction of sp³-hybridized carbons (Fsp3) is 0.318. The first-order chi connectivity index (χ1) is 14.9. The van der Waals surface area contributed by atoms with Gasteiger partial charge in [-0.15, -0.1) is 0 Å². The molecule has 1 heterocycles. The molecule has 2 aromatic carbocycles. The number of ether oxygens (including phenoxy) is 2. The molecule has 0 unspecified atom stereocenters. The van der Waals surface area contributed by atoms with Crippen molar-refractivity contribution in [3.05, 3.63) is 68.6 Å². The van der Waals surface area contributed by atoms with Gasteiger partial charge >= 0.3 is 5.69 Å². The van der Waals surface area contributed by atoms with E-state index in [0.717, 1.165) is 10.1 Å². The quantitative estimate of drug-likeness (QED) is 0.509. The predicted octanol–water partition coefficient (Wildman–Crippen LogP) is 2.33. The summed E-state index contributed by atoms with van der Waals surface area (Å²) in [5, 5.41) is 3.08. The van der Waals surface area contributed by atoms with Crippen molar-refractivity contribution in [3.63, 3.8) is 0 Å². The number of nitrogens with one attached hydrogen (secondary N) is 2. The summed E-state index contributed by atoms with van der Waals surface area (Å²) in [6.45, 7) is 0.498. The number of aromatic amines is 1. The summed E-state index contributed by atoms with van der Waals surface area (Å²) in [6, 6.07) is 8.98. The van der Waals surface area contributed by atoms with Crippen molar-refractivity contribution in [3.8, 4) is 11.5 Å². The van der Waals surface area contributed by atoms with Gasteiger partial charge in [-0.3, -0.25) is 14.2 Å². The Morgan fingerprint density at radius 3 is 2.42 bits per heavy atom. The van der Waals surface area contributed by atoms with E-state index in [1.54, 1.807) is 18.2 Å². The minimum atomic E-state index is -0.523. The van der Waals surface area contributed by atoms with E-state index in [9.17, 15) is 18.8 Å². The number of hydrogen-bond acceptors (Lipinski definition) is 5. The third-order valence-electron chi connectivity index (χ3n) is 4.92. The second-order valence-electron chi connectivity index (χ2n) is 7.00. The zero-order chi connectivity index (χ0) is 22.4. The van der Waals surface area contributed by atoms with Gasteiger partial charge in [0.25, 0.3) is 5.56 Å². The summed E-state index contributed by atoms with van der Waals surface area (Å²) in [6.07, 6.45) is 1.24. The molecule has 0 saturated heterocycles. The molecule has 0 aliphatic heterocycles. The van der Waals surface area contributed by atoms with Crippen LogP contribution in [-0.2, 0) is 17.9 Å². The van der Waals surface area contributed by atoms with Crippen molar-refractivity contribution in [2.24, 2.45) is 0 Å². The van der Waals surface area contributed by atoms with Crippen molar-refractivity contribution in [2.75, 3.05) is 14.2 Å². The fourth-order valence-corrected chi connectivity index (χ4v) is 3.23. The number of benzene rings is 2. The lowest BCUT2D eigenvalue weighted by Crippen LogP contribution is -2.35. The van der Waals surface area contributed by atoms with Crippen LogP contribution in [0.3, 0.4) is 0 Å². The molecule has 9 heteroatoms. The summed E-state index contributed by atoms with van der Waals surface area (Å²) < 4.78 is 24.4. The summed E-state index contributed by atoms with van der Waals surface area (Å²) >= 11 is 0. The van der Waals surface area contributed by atoms with Crippen molar-refractivity contribution in [1.29, 1.82) is 0 Å². The SMILES string of the molecule is COc1cc2[nH]c(=O)n(CCCCC(=O)NCc3ccc(F)cc3)c(=O)c2cc1OC. The lowest BCUT2D eigenvalue weighted by Gasteiger charge is -2.11. The van der Waals surface area contributed by atoms with Crippen LogP contribution in [0.2, 0.25) is 0 Å². The molecule has 0 aliphatic carbocycles. The van der Waals surface area contributed by atoms with E-state index in [1.165, 1.54) is 32.4 Å². The van der Waals surface area contributed by atoms with E-state index in [2.05, 4.69) is 10.3 Å². The maximum atomic E-state index is 12.9. The minimum Gasteiger partial charge on any atom is -0.493 e. The number of halogens is 1. The molecule has 2 N–H and O–H groups in total. The first kappa shape index (κ1) is 22.1. The maximum Gasteiger partial charge on any atom is 0.328 e. The van der Waals surface area contributed by atoms with Crippen molar-refractivity contribution >= 4 is 16.8 Å². The Bertz CT molecular complexity index is 1180. The molecule has 0 radical (unpaired) electrons. The van der Waals surface area contributed by atoms with Gasteiger partial charge < -0.3 is 19.8 Å². The first-order valence-electron chi connectivity index (χ1n) is 9.83. The highest BCUT2D eigenvalue weighted by atomic mass is 19.1. The molecule has 0 spiro atoms. The molecule has 0 atom stereocenters. The molecule has 1 aromatic heterocycles. The molecule has 0 fully saturated rings. The number of aromatic nitrogens is 2. The third kappa shape index (κ3) is 5.30. The van der Waals surface area contributed by atoms with Crippen LogP contribution in [0, 0.1) is 5.82 Å². The smallest absolute Gasteiger partial charge is 0.328 e. The van der Waals surface area contributed by atoms with E-state index in [1.807, 2.05) is 0 Å². The van der Waals surface area contributed by atoms with E-state index in [0.29, 0.717) is 41.8 Å². The minimum absolute atomic E-state index is 0.152. The Labute approximate surface area is 177 Å². The summed E-state index contributed by atoms with van der Waals surface area (Å²) in [4.78, 5) is 39.8. The molecule has 3 rings (SSSR count). The molecular formula is C22H24FN3O5. The van der Waals surface area contributed by atoms with Gasteiger partial charge in [0.2, 0.25) is 5.91 Å². The van der Waals surface area contributed by atoms with Crippen LogP contribution >= 0.6 is 0 Å². The summed E-state index contributed by atoms with van der Waals surface area (Å²) in [5.74, 6) is 0.325. The summed E-state index contributed by atoms with van der Waals surface area (Å²) in [5.41, 5.74) is 0.214. The molecule has 0 saturated carbocycles. The fourth-order valence-electron chi connectivity index (χ4n) is 3.23. The largest absolute Gasteiger partial charge is 0.493 e. The van der Waals surface area contributed by atoms with Gasteiger partial charge in [-0.25, -0.2) is 9.18 Å². The van der Waals surface area contributed by atoms with Crippen LogP contribution in [0.4, 0.5) is 4.39 Å². The number of nitrogens with zero attached hydrogens (tertiary/aromatic N) is 1. The van der Waals surface area contributed by atoms with Crippen molar-refractivity contribution < 1.29 is 18.7 Å². The number of unbranched alkanes of at least 4 members (excludes halogenated alkanes) is 1. The average molecular weight is 429 g/mol. The topological polar surface area (TPSA) is 102 Å². The molecular weight excluding hydrogens is 405 g/mol. The first-order valence-corrected chi connectivity index (χ1v) is 9.83. The van der Waals surface area contributed by atoms with E-state index in [-0.39, 0.29) is 24.7 Å². The Morgan fingerprint density at radius 2 is 1.74 bits per heavy atom. The molecule has 0 bridgehead atoms. The second kappa shape index (κ2) is 9.92. The van der Waals surface area contributed by atoms with Crippen LogP contribution < -0.4 is 26.0 Å². The van der Waals surface area contributed by atoms with E-state index in [4.69, 9.17) is 9.47 Å². The molecule has 8 nitrogen and oxygen atoms in total. The van der Waals surface area contributed by atoms with Crippen LogP contribution in [0.1, 0.15) is 24.8 Å². The van der Waals surface area contributed by atoms with Gasteiger partial charge in [0.05, 0.1) is 25.1 Å². The van der Waals surface area contributed by atoms with Crippen molar-refractivity contribution in [2.45, 2.75) is 32.4 Å². The Morgan fingerprint density at radius 1 is 1.06 bits per heavy atom. The van der Waals surface area contributed by atoms with Gasteiger partial charge in [0.1, 0.15) is 5.82 Å². The molecule has 0 aliphatic rings. The highest BCUT2D eigenvalue weighted by Crippen LogP contribution is 2.29. The number of amides is 1. The van der Waals surface area contributed by atoms with Gasteiger partial charge in [-0.1, -0.05) is 12.1 Å². The third-order valence-corrected chi connectivity index (χ3v) is 4.92. The molecule has 31 heavy (non-hydrogen) atoms. The van der Waals surface area contributed by atoms with Crippen LogP contribution in [-0.4, -0.2) is 29.7 Å². The Hall–Kier alpha value is -3.62. The number of methoxy groups -OCH3 is 2. The van der Waals surface area contributed by atoms with Crippen LogP contribution in [0.25, 0.3) is 10.9 Å². The standard InChI is InChI=1S/C22H24FN3O5/c1-30-18-11-16-17(12-19(18)31-2)25-22(29)26(21(16)28)10-4-3-5-20(27)24-13-14-6-8-15(23)9-7-14/h6-9,11-12H,3-5,10,13H2,1-2H3,(H,24,27)(H,25,29). The number of H-pyrrole nitrogens is 1. The van der Waals surface area contributed by atoms with Crippen molar-refractivity contribution in [1.82, 2.24) is 14.9 Å². The Kier molecular flexibility index (Phi) is 7.07. The highest BCUT2D eigenvalue weighted by molar-refractivity contribution is 5.81. The van der Waals surface area contributed by atoms with Crippen LogP contribution in [0.15, 0.2) is 46.0 Å². The summed E-state index contributed by atoms with van der Waals surface area (Å²) in [7, 11) is 2.94.